The van der Waals surface area contributed by atoms with Crippen LogP contribution in [0.2, 0.25) is 0 Å². The summed E-state index contributed by atoms with van der Waals surface area (Å²) in [6.07, 6.45) is 0.808. The summed E-state index contributed by atoms with van der Waals surface area (Å²) in [6.45, 7) is 5.48. The SMILES string of the molecule is Cc1cc(C)c2nc(N(CCCN(C)C)C(=O)c3cccc(F)c3)sc2c1.Cl. The molecule has 0 aliphatic heterocycles. The van der Waals surface area contributed by atoms with Gasteiger partial charge < -0.3 is 4.90 Å². The largest absolute Gasteiger partial charge is 0.309 e. The van der Waals surface area contributed by atoms with Crippen LogP contribution in [0.3, 0.4) is 0 Å². The quantitative estimate of drug-likeness (QED) is 0.557. The van der Waals surface area contributed by atoms with Crippen molar-refractivity contribution in [2.24, 2.45) is 0 Å². The van der Waals surface area contributed by atoms with E-state index in [1.54, 1.807) is 17.0 Å². The van der Waals surface area contributed by atoms with Gasteiger partial charge in [0.15, 0.2) is 5.13 Å². The van der Waals surface area contributed by atoms with Crippen molar-refractivity contribution in [2.75, 3.05) is 32.1 Å². The van der Waals surface area contributed by atoms with Gasteiger partial charge in [-0.25, -0.2) is 9.37 Å². The lowest BCUT2D eigenvalue weighted by atomic mass is 10.1. The van der Waals surface area contributed by atoms with Crippen LogP contribution in [-0.4, -0.2) is 43.0 Å². The maximum absolute atomic E-state index is 13.6. The van der Waals surface area contributed by atoms with Crippen molar-refractivity contribution >= 4 is 45.0 Å². The van der Waals surface area contributed by atoms with Crippen molar-refractivity contribution in [3.63, 3.8) is 0 Å². The second-order valence-electron chi connectivity index (χ2n) is 7.05. The van der Waals surface area contributed by atoms with Crippen molar-refractivity contribution in [3.05, 3.63) is 58.9 Å². The first-order valence-corrected chi connectivity index (χ1v) is 9.77. The lowest BCUT2D eigenvalue weighted by Gasteiger charge is -2.21. The number of benzene rings is 2. The first-order chi connectivity index (χ1) is 12.8. The number of aryl methyl sites for hydroxylation is 2. The van der Waals surface area contributed by atoms with Crippen molar-refractivity contribution in [1.29, 1.82) is 0 Å². The second kappa shape index (κ2) is 9.45. The Hall–Kier alpha value is -2.02. The van der Waals surface area contributed by atoms with Gasteiger partial charge in [0, 0.05) is 12.1 Å². The van der Waals surface area contributed by atoms with E-state index < -0.39 is 5.82 Å². The Kier molecular flexibility index (Phi) is 7.52. The van der Waals surface area contributed by atoms with Gasteiger partial charge in [0.25, 0.3) is 5.91 Å². The number of hydrogen-bond acceptors (Lipinski definition) is 4. The smallest absolute Gasteiger partial charge is 0.260 e. The molecule has 7 heteroatoms. The Balaban J connectivity index is 0.00000280. The Labute approximate surface area is 175 Å². The van der Waals surface area contributed by atoms with Gasteiger partial charge in [-0.2, -0.15) is 0 Å². The second-order valence-corrected chi connectivity index (χ2v) is 8.06. The van der Waals surface area contributed by atoms with Gasteiger partial charge in [-0.1, -0.05) is 23.5 Å². The summed E-state index contributed by atoms with van der Waals surface area (Å²) >= 11 is 1.51. The van der Waals surface area contributed by atoms with Crippen molar-refractivity contribution < 1.29 is 9.18 Å². The molecule has 1 amide bonds. The third-order valence-electron chi connectivity index (χ3n) is 4.35. The average molecular weight is 422 g/mol. The van der Waals surface area contributed by atoms with Crippen LogP contribution >= 0.6 is 23.7 Å². The summed E-state index contributed by atoms with van der Waals surface area (Å²) in [4.78, 5) is 21.6. The van der Waals surface area contributed by atoms with E-state index in [-0.39, 0.29) is 18.3 Å². The summed E-state index contributed by atoms with van der Waals surface area (Å²) in [5, 5.41) is 0.659. The van der Waals surface area contributed by atoms with Gasteiger partial charge in [0.2, 0.25) is 0 Å². The topological polar surface area (TPSA) is 36.4 Å². The number of aromatic nitrogens is 1. The Morgan fingerprint density at radius 3 is 2.57 bits per heavy atom. The van der Waals surface area contributed by atoms with Gasteiger partial charge in [-0.15, -0.1) is 12.4 Å². The molecular weight excluding hydrogens is 397 g/mol. The van der Waals surface area contributed by atoms with Crippen LogP contribution in [0.25, 0.3) is 10.2 Å². The molecule has 0 bridgehead atoms. The summed E-state index contributed by atoms with van der Waals surface area (Å²) in [6, 6.07) is 10.0. The molecule has 3 rings (SSSR count). The fourth-order valence-corrected chi connectivity index (χ4v) is 4.25. The minimum Gasteiger partial charge on any atom is -0.309 e. The Morgan fingerprint density at radius 1 is 1.14 bits per heavy atom. The highest BCUT2D eigenvalue weighted by atomic mass is 35.5. The number of hydrogen-bond donors (Lipinski definition) is 0. The number of anilines is 1. The maximum Gasteiger partial charge on any atom is 0.260 e. The number of amides is 1. The molecule has 0 atom stereocenters. The highest BCUT2D eigenvalue weighted by molar-refractivity contribution is 7.22. The maximum atomic E-state index is 13.6. The minimum absolute atomic E-state index is 0. The van der Waals surface area contributed by atoms with E-state index in [9.17, 15) is 9.18 Å². The monoisotopic (exact) mass is 421 g/mol. The molecular formula is C21H25ClFN3OS. The first kappa shape index (κ1) is 22.3. The summed E-state index contributed by atoms with van der Waals surface area (Å²) in [5.41, 5.74) is 3.53. The number of fused-ring (bicyclic) bond motifs is 1. The Morgan fingerprint density at radius 2 is 1.89 bits per heavy atom. The van der Waals surface area contributed by atoms with E-state index in [4.69, 9.17) is 4.98 Å². The molecule has 0 unspecified atom stereocenters. The molecule has 150 valence electrons. The summed E-state index contributed by atoms with van der Waals surface area (Å²) in [5.74, 6) is -0.633. The molecule has 1 aromatic heterocycles. The number of rotatable bonds is 6. The molecule has 0 aliphatic carbocycles. The van der Waals surface area contributed by atoms with Crippen LogP contribution in [0.1, 0.15) is 27.9 Å². The van der Waals surface area contributed by atoms with Gasteiger partial charge in [-0.05, 0) is 76.3 Å². The molecule has 0 fully saturated rings. The molecule has 0 spiro atoms. The lowest BCUT2D eigenvalue weighted by Crippen LogP contribution is -2.33. The number of nitrogens with zero attached hydrogens (tertiary/aromatic N) is 3. The van der Waals surface area contributed by atoms with Crippen molar-refractivity contribution in [1.82, 2.24) is 9.88 Å². The van der Waals surface area contributed by atoms with Gasteiger partial charge in [0.1, 0.15) is 5.82 Å². The predicted molar refractivity (Wildman–Crippen MR) is 118 cm³/mol. The molecule has 0 N–H and O–H groups in total. The minimum atomic E-state index is -0.412. The molecule has 0 saturated carbocycles. The molecule has 0 aliphatic rings. The van der Waals surface area contributed by atoms with E-state index in [0.29, 0.717) is 17.2 Å². The average Bonchev–Trinajstić information content (AvgIpc) is 3.02. The van der Waals surface area contributed by atoms with E-state index in [1.807, 2.05) is 21.0 Å². The van der Waals surface area contributed by atoms with E-state index >= 15 is 0 Å². The number of thiazole rings is 1. The Bertz CT molecular complexity index is 973. The van der Waals surface area contributed by atoms with E-state index in [2.05, 4.69) is 24.0 Å². The van der Waals surface area contributed by atoms with Crippen LogP contribution in [0.4, 0.5) is 9.52 Å². The number of carbonyl (C=O) groups is 1. The van der Waals surface area contributed by atoms with Crippen molar-refractivity contribution in [3.8, 4) is 0 Å². The molecule has 0 saturated heterocycles. The van der Waals surface area contributed by atoms with E-state index in [1.165, 1.54) is 29.0 Å². The van der Waals surface area contributed by atoms with Crippen LogP contribution < -0.4 is 4.90 Å². The lowest BCUT2D eigenvalue weighted by molar-refractivity contribution is 0.0985. The van der Waals surface area contributed by atoms with Crippen LogP contribution in [-0.2, 0) is 0 Å². The van der Waals surface area contributed by atoms with E-state index in [0.717, 1.165) is 28.7 Å². The molecule has 2 aromatic carbocycles. The zero-order valence-electron chi connectivity index (χ0n) is 16.5. The molecule has 4 nitrogen and oxygen atoms in total. The van der Waals surface area contributed by atoms with Crippen LogP contribution in [0, 0.1) is 19.7 Å². The molecule has 1 heterocycles. The van der Waals surface area contributed by atoms with Crippen LogP contribution in [0.5, 0.6) is 0 Å². The number of halogens is 2. The van der Waals surface area contributed by atoms with Crippen molar-refractivity contribution in [2.45, 2.75) is 20.3 Å². The highest BCUT2D eigenvalue weighted by Gasteiger charge is 2.22. The number of carbonyl (C=O) groups excluding carboxylic acids is 1. The standard InChI is InChI=1S/C21H24FN3OS.ClH/c1-14-11-15(2)19-18(12-14)27-21(23-19)25(10-6-9-24(3)4)20(26)16-7-5-8-17(22)13-16;/h5,7-8,11-13H,6,9-10H2,1-4H3;1H. The predicted octanol–water partition coefficient (Wildman–Crippen LogP) is 5.07. The van der Waals surface area contributed by atoms with Gasteiger partial charge >= 0.3 is 0 Å². The highest BCUT2D eigenvalue weighted by Crippen LogP contribution is 2.32. The summed E-state index contributed by atoms with van der Waals surface area (Å²) < 4.78 is 14.7. The fourth-order valence-electron chi connectivity index (χ4n) is 3.08. The normalized spacial score (nSPS) is 10.9. The zero-order chi connectivity index (χ0) is 19.6. The van der Waals surface area contributed by atoms with Gasteiger partial charge in [0.05, 0.1) is 10.2 Å². The first-order valence-electron chi connectivity index (χ1n) is 8.95. The zero-order valence-corrected chi connectivity index (χ0v) is 18.2. The third kappa shape index (κ3) is 5.07. The van der Waals surface area contributed by atoms with Crippen LogP contribution in [0.15, 0.2) is 36.4 Å². The third-order valence-corrected chi connectivity index (χ3v) is 5.38. The fraction of sp³-hybridized carbons (Fsp3) is 0.333. The summed E-state index contributed by atoms with van der Waals surface area (Å²) in [7, 11) is 4.01. The molecule has 0 radical (unpaired) electrons. The van der Waals surface area contributed by atoms with Gasteiger partial charge in [-0.3, -0.25) is 9.69 Å². The molecule has 28 heavy (non-hydrogen) atoms. The molecule has 3 aromatic rings.